The first-order valence-electron chi connectivity index (χ1n) is 10.2. The van der Waals surface area contributed by atoms with E-state index in [1.165, 1.54) is 4.31 Å². The average molecular weight is 564 g/mol. The molecule has 0 aliphatic heterocycles. The molecule has 0 bridgehead atoms. The molecular formula is C19H42IN5O4S. The van der Waals surface area contributed by atoms with Gasteiger partial charge >= 0.3 is 6.09 Å². The third kappa shape index (κ3) is 12.1. The van der Waals surface area contributed by atoms with E-state index in [9.17, 15) is 13.2 Å². The number of sulfonamides is 1. The van der Waals surface area contributed by atoms with Crippen LogP contribution in [0.2, 0.25) is 0 Å². The summed E-state index contributed by atoms with van der Waals surface area (Å²) >= 11 is 0. The molecule has 0 unspecified atom stereocenters. The zero-order valence-electron chi connectivity index (χ0n) is 19.8. The molecule has 0 aromatic carbocycles. The summed E-state index contributed by atoms with van der Waals surface area (Å²) in [5.74, 6) is 0.698. The van der Waals surface area contributed by atoms with Gasteiger partial charge in [0, 0.05) is 33.7 Å². The molecule has 0 saturated heterocycles. The van der Waals surface area contributed by atoms with Crippen molar-refractivity contribution in [1.82, 2.24) is 20.3 Å². The van der Waals surface area contributed by atoms with Gasteiger partial charge in [-0.2, -0.15) is 0 Å². The van der Waals surface area contributed by atoms with Crippen LogP contribution in [0.25, 0.3) is 0 Å². The minimum absolute atomic E-state index is 0. The van der Waals surface area contributed by atoms with Gasteiger partial charge in [0.25, 0.3) is 0 Å². The van der Waals surface area contributed by atoms with Crippen molar-refractivity contribution in [3.8, 4) is 0 Å². The summed E-state index contributed by atoms with van der Waals surface area (Å²) in [5.41, 5.74) is -1.02. The lowest BCUT2D eigenvalue weighted by molar-refractivity contribution is 0.0448. The van der Waals surface area contributed by atoms with Crippen molar-refractivity contribution < 1.29 is 17.9 Å². The smallest absolute Gasteiger partial charge is 0.408 e. The molecule has 0 spiro atoms. The van der Waals surface area contributed by atoms with Crippen molar-refractivity contribution in [3.05, 3.63) is 0 Å². The summed E-state index contributed by atoms with van der Waals surface area (Å²) in [4.78, 5) is 16.4. The molecule has 0 aromatic rings. The fourth-order valence-electron chi connectivity index (χ4n) is 2.58. The molecular weight excluding hydrogens is 521 g/mol. The third-order valence-corrected chi connectivity index (χ3v) is 6.58. The minimum atomic E-state index is -3.16. The molecule has 0 aliphatic rings. The van der Waals surface area contributed by atoms with Crippen molar-refractivity contribution in [3.63, 3.8) is 0 Å². The first kappa shape index (κ1) is 31.4. The van der Waals surface area contributed by atoms with E-state index in [2.05, 4.69) is 20.9 Å². The molecule has 3 N–H and O–H groups in total. The van der Waals surface area contributed by atoms with E-state index < -0.39 is 27.3 Å². The number of alkyl carbamates (subject to hydrolysis) is 1. The van der Waals surface area contributed by atoms with E-state index in [0.29, 0.717) is 32.0 Å². The van der Waals surface area contributed by atoms with Crippen LogP contribution in [0.15, 0.2) is 4.99 Å². The summed E-state index contributed by atoms with van der Waals surface area (Å²) in [7, 11) is 0.101. The van der Waals surface area contributed by atoms with Crippen LogP contribution in [0, 0.1) is 0 Å². The van der Waals surface area contributed by atoms with Crippen molar-refractivity contribution in [2.75, 3.05) is 39.5 Å². The maximum atomic E-state index is 12.2. The van der Waals surface area contributed by atoms with Gasteiger partial charge in [0.1, 0.15) is 5.60 Å². The Morgan fingerprint density at radius 1 is 1.10 bits per heavy atom. The Morgan fingerprint density at radius 2 is 1.67 bits per heavy atom. The van der Waals surface area contributed by atoms with Crippen molar-refractivity contribution in [1.29, 1.82) is 0 Å². The number of carbonyl (C=O) groups excluding carboxylic acids is 1. The van der Waals surface area contributed by atoms with Gasteiger partial charge in [-0.05, 0) is 47.0 Å². The molecule has 0 rings (SSSR count). The number of rotatable bonds is 11. The SMILES string of the molecule is CCC(CC)(CNC(=NC)NCCCN(C)S(=O)(=O)CC)NC(=O)OC(C)(C)C.I. The lowest BCUT2D eigenvalue weighted by Gasteiger charge is -2.34. The standard InChI is InChI=1S/C19H41N5O4S.HI/c1-9-19(10-2,23-17(25)28-18(4,5)6)15-22-16(20-7)21-13-12-14-24(8)29(26,27)11-3;/h9-15H2,1-8H3,(H,23,25)(H2,20,21,22);1H. The molecule has 0 aromatic heterocycles. The van der Waals surface area contributed by atoms with Crippen LogP contribution in [0.3, 0.4) is 0 Å². The summed E-state index contributed by atoms with van der Waals surface area (Å²) in [6.07, 6.45) is 1.67. The zero-order chi connectivity index (χ0) is 22.7. The Balaban J connectivity index is 0. The van der Waals surface area contributed by atoms with E-state index in [-0.39, 0.29) is 29.7 Å². The summed E-state index contributed by atoms with van der Waals surface area (Å²) in [5, 5.41) is 9.42. The van der Waals surface area contributed by atoms with E-state index in [1.807, 2.05) is 34.6 Å². The quantitative estimate of drug-likeness (QED) is 0.154. The van der Waals surface area contributed by atoms with Gasteiger partial charge in [-0.3, -0.25) is 4.99 Å². The van der Waals surface area contributed by atoms with Crippen molar-refractivity contribution in [2.45, 2.75) is 71.9 Å². The van der Waals surface area contributed by atoms with E-state index in [0.717, 1.165) is 12.8 Å². The van der Waals surface area contributed by atoms with Crippen LogP contribution in [0.5, 0.6) is 0 Å². The molecule has 0 atom stereocenters. The predicted molar refractivity (Wildman–Crippen MR) is 134 cm³/mol. The molecule has 0 radical (unpaired) electrons. The summed E-state index contributed by atoms with van der Waals surface area (Å²) in [6, 6.07) is 0. The topological polar surface area (TPSA) is 112 Å². The number of carbonyl (C=O) groups is 1. The second-order valence-corrected chi connectivity index (χ2v) is 10.4. The Labute approximate surface area is 200 Å². The van der Waals surface area contributed by atoms with E-state index in [1.54, 1.807) is 21.0 Å². The van der Waals surface area contributed by atoms with Crippen molar-refractivity contribution >= 4 is 46.1 Å². The highest BCUT2D eigenvalue weighted by Gasteiger charge is 2.30. The molecule has 0 saturated carbocycles. The zero-order valence-corrected chi connectivity index (χ0v) is 22.9. The number of ether oxygens (including phenoxy) is 1. The van der Waals surface area contributed by atoms with Gasteiger partial charge in [-0.25, -0.2) is 17.5 Å². The highest BCUT2D eigenvalue weighted by molar-refractivity contribution is 14.0. The molecule has 0 heterocycles. The number of amides is 1. The molecule has 180 valence electrons. The second-order valence-electron chi connectivity index (χ2n) is 8.04. The Hall–Kier alpha value is -0.820. The number of hydrogen-bond acceptors (Lipinski definition) is 5. The van der Waals surface area contributed by atoms with Crippen LogP contribution in [-0.4, -0.2) is 75.4 Å². The fourth-order valence-corrected chi connectivity index (χ4v) is 3.43. The summed E-state index contributed by atoms with van der Waals surface area (Å²) < 4.78 is 30.3. The molecule has 11 heteroatoms. The largest absolute Gasteiger partial charge is 0.444 e. The number of guanidine groups is 1. The third-order valence-electron chi connectivity index (χ3n) is 4.72. The van der Waals surface area contributed by atoms with E-state index >= 15 is 0 Å². The summed E-state index contributed by atoms with van der Waals surface area (Å²) in [6.45, 7) is 12.7. The highest BCUT2D eigenvalue weighted by atomic mass is 127. The molecule has 9 nitrogen and oxygen atoms in total. The van der Waals surface area contributed by atoms with Gasteiger partial charge in [0.2, 0.25) is 10.0 Å². The maximum absolute atomic E-state index is 12.2. The van der Waals surface area contributed by atoms with Gasteiger partial charge in [0.05, 0.1) is 11.3 Å². The van der Waals surface area contributed by atoms with E-state index in [4.69, 9.17) is 4.74 Å². The van der Waals surface area contributed by atoms with Gasteiger partial charge in [0.15, 0.2) is 5.96 Å². The average Bonchev–Trinajstić information content (AvgIpc) is 2.64. The van der Waals surface area contributed by atoms with Crippen molar-refractivity contribution in [2.24, 2.45) is 4.99 Å². The molecule has 0 aliphatic carbocycles. The number of hydrogen-bond donors (Lipinski definition) is 3. The molecule has 1 amide bonds. The van der Waals surface area contributed by atoms with Crippen LogP contribution >= 0.6 is 24.0 Å². The molecule has 0 fully saturated rings. The van der Waals surface area contributed by atoms with Gasteiger partial charge < -0.3 is 20.7 Å². The number of halogens is 1. The predicted octanol–water partition coefficient (Wildman–Crippen LogP) is 2.52. The maximum Gasteiger partial charge on any atom is 0.408 e. The fraction of sp³-hybridized carbons (Fsp3) is 0.895. The number of nitrogens with zero attached hydrogens (tertiary/aromatic N) is 2. The normalized spacial score (nSPS) is 12.9. The Morgan fingerprint density at radius 3 is 2.10 bits per heavy atom. The Kier molecular flexibility index (Phi) is 14.9. The Bertz CT molecular complexity index is 631. The van der Waals surface area contributed by atoms with Crippen LogP contribution in [0.1, 0.15) is 60.8 Å². The van der Waals surface area contributed by atoms with Crippen LogP contribution in [-0.2, 0) is 14.8 Å². The number of nitrogens with one attached hydrogen (secondary N) is 3. The highest BCUT2D eigenvalue weighted by Crippen LogP contribution is 2.16. The minimum Gasteiger partial charge on any atom is -0.444 e. The number of aliphatic imine (C=N–C) groups is 1. The van der Waals surface area contributed by atoms with Crippen LogP contribution < -0.4 is 16.0 Å². The lowest BCUT2D eigenvalue weighted by atomic mass is 9.93. The lowest BCUT2D eigenvalue weighted by Crippen LogP contribution is -2.57. The monoisotopic (exact) mass is 563 g/mol. The van der Waals surface area contributed by atoms with Gasteiger partial charge in [-0.15, -0.1) is 24.0 Å². The van der Waals surface area contributed by atoms with Crippen LogP contribution in [0.4, 0.5) is 4.79 Å². The first-order valence-corrected chi connectivity index (χ1v) is 11.8. The second kappa shape index (κ2) is 14.3. The first-order chi connectivity index (χ1) is 13.3. The van der Waals surface area contributed by atoms with Gasteiger partial charge in [-0.1, -0.05) is 13.8 Å². The molecule has 30 heavy (non-hydrogen) atoms.